The van der Waals surface area contributed by atoms with Gasteiger partial charge < -0.3 is 15.5 Å². The second-order valence-corrected chi connectivity index (χ2v) is 5.19. The van der Waals surface area contributed by atoms with Crippen LogP contribution in [0, 0.1) is 0 Å². The van der Waals surface area contributed by atoms with Crippen molar-refractivity contribution in [2.24, 2.45) is 5.73 Å². The zero-order valence-electron chi connectivity index (χ0n) is 11.6. The molecule has 0 aliphatic carbocycles. The second kappa shape index (κ2) is 6.01. The molecule has 1 aromatic rings. The van der Waals surface area contributed by atoms with Gasteiger partial charge in [-0.15, -0.1) is 0 Å². The van der Waals surface area contributed by atoms with Gasteiger partial charge in [0.2, 0.25) is 0 Å². The SMILES string of the molecule is CN1CCCN(c2ccc(CN)c(C(F)(F)F)c2)CC1. The van der Waals surface area contributed by atoms with E-state index >= 15 is 0 Å². The molecular formula is C14H20F3N3. The third kappa shape index (κ3) is 3.43. The lowest BCUT2D eigenvalue weighted by atomic mass is 10.1. The fourth-order valence-corrected chi connectivity index (χ4v) is 2.51. The molecule has 2 rings (SSSR count). The van der Waals surface area contributed by atoms with E-state index in [1.54, 1.807) is 6.07 Å². The van der Waals surface area contributed by atoms with Gasteiger partial charge >= 0.3 is 6.18 Å². The molecule has 0 bridgehead atoms. The summed E-state index contributed by atoms with van der Waals surface area (Å²) in [6.45, 7) is 3.26. The first-order chi connectivity index (χ1) is 9.41. The molecule has 0 amide bonds. The van der Waals surface area contributed by atoms with Crippen LogP contribution in [-0.2, 0) is 12.7 Å². The predicted octanol–water partition coefficient (Wildman–Crippen LogP) is 2.31. The Morgan fingerprint density at radius 2 is 1.90 bits per heavy atom. The highest BCUT2D eigenvalue weighted by Crippen LogP contribution is 2.34. The molecule has 20 heavy (non-hydrogen) atoms. The number of halogens is 3. The summed E-state index contributed by atoms with van der Waals surface area (Å²) in [5.41, 5.74) is 5.56. The minimum atomic E-state index is -4.35. The molecule has 1 fully saturated rings. The molecule has 1 heterocycles. The molecule has 1 aliphatic heterocycles. The van der Waals surface area contributed by atoms with Gasteiger partial charge in [0.25, 0.3) is 0 Å². The van der Waals surface area contributed by atoms with Crippen molar-refractivity contribution in [2.75, 3.05) is 38.1 Å². The molecule has 1 aromatic carbocycles. The minimum Gasteiger partial charge on any atom is -0.370 e. The van der Waals surface area contributed by atoms with E-state index in [0.29, 0.717) is 5.69 Å². The summed E-state index contributed by atoms with van der Waals surface area (Å²) in [4.78, 5) is 4.21. The van der Waals surface area contributed by atoms with Crippen molar-refractivity contribution in [3.63, 3.8) is 0 Å². The van der Waals surface area contributed by atoms with Crippen LogP contribution in [0.25, 0.3) is 0 Å². The van der Waals surface area contributed by atoms with Gasteiger partial charge in [0.15, 0.2) is 0 Å². The number of hydrogen-bond acceptors (Lipinski definition) is 3. The first kappa shape index (κ1) is 15.1. The molecule has 0 saturated carbocycles. The Bertz CT molecular complexity index is 459. The highest BCUT2D eigenvalue weighted by molar-refractivity contribution is 5.52. The zero-order chi connectivity index (χ0) is 14.8. The van der Waals surface area contributed by atoms with Gasteiger partial charge in [-0.05, 0) is 37.7 Å². The maximum Gasteiger partial charge on any atom is 0.416 e. The van der Waals surface area contributed by atoms with Crippen molar-refractivity contribution in [1.82, 2.24) is 4.90 Å². The van der Waals surface area contributed by atoms with E-state index in [1.807, 2.05) is 11.9 Å². The van der Waals surface area contributed by atoms with E-state index < -0.39 is 11.7 Å². The highest BCUT2D eigenvalue weighted by Gasteiger charge is 2.33. The highest BCUT2D eigenvalue weighted by atomic mass is 19.4. The van der Waals surface area contributed by atoms with Gasteiger partial charge in [-0.2, -0.15) is 13.2 Å². The maximum absolute atomic E-state index is 13.0. The van der Waals surface area contributed by atoms with Crippen LogP contribution >= 0.6 is 0 Å². The Morgan fingerprint density at radius 3 is 2.55 bits per heavy atom. The van der Waals surface area contributed by atoms with E-state index in [1.165, 1.54) is 12.1 Å². The quantitative estimate of drug-likeness (QED) is 0.906. The fourth-order valence-electron chi connectivity index (χ4n) is 2.51. The molecule has 0 unspecified atom stereocenters. The van der Waals surface area contributed by atoms with Crippen molar-refractivity contribution >= 4 is 5.69 Å². The number of anilines is 1. The van der Waals surface area contributed by atoms with Gasteiger partial charge in [0.1, 0.15) is 0 Å². The predicted molar refractivity (Wildman–Crippen MR) is 73.7 cm³/mol. The van der Waals surface area contributed by atoms with Gasteiger partial charge in [-0.3, -0.25) is 0 Å². The number of nitrogens with two attached hydrogens (primary N) is 1. The Labute approximate surface area is 117 Å². The standard InChI is InChI=1S/C14H20F3N3/c1-19-5-2-6-20(8-7-19)12-4-3-11(10-18)13(9-12)14(15,16)17/h3-4,9H,2,5-8,10,18H2,1H3. The largest absolute Gasteiger partial charge is 0.416 e. The minimum absolute atomic E-state index is 0.0993. The first-order valence-corrected chi connectivity index (χ1v) is 6.75. The summed E-state index contributed by atoms with van der Waals surface area (Å²) in [5.74, 6) is 0. The molecule has 1 saturated heterocycles. The summed E-state index contributed by atoms with van der Waals surface area (Å²) in [5, 5.41) is 0. The normalized spacial score (nSPS) is 18.1. The van der Waals surface area contributed by atoms with Gasteiger partial charge in [0, 0.05) is 31.9 Å². The van der Waals surface area contributed by atoms with Gasteiger partial charge in [-0.25, -0.2) is 0 Å². The van der Waals surface area contributed by atoms with Crippen LogP contribution in [0.3, 0.4) is 0 Å². The number of benzene rings is 1. The van der Waals surface area contributed by atoms with E-state index in [9.17, 15) is 13.2 Å². The van der Waals surface area contributed by atoms with Gasteiger partial charge in [0.05, 0.1) is 5.56 Å². The lowest BCUT2D eigenvalue weighted by Crippen LogP contribution is -2.29. The van der Waals surface area contributed by atoms with E-state index in [-0.39, 0.29) is 12.1 Å². The van der Waals surface area contributed by atoms with Crippen molar-refractivity contribution < 1.29 is 13.2 Å². The molecule has 112 valence electrons. The molecule has 1 aliphatic rings. The summed E-state index contributed by atoms with van der Waals surface area (Å²) < 4.78 is 39.1. The van der Waals surface area contributed by atoms with Crippen molar-refractivity contribution in [1.29, 1.82) is 0 Å². The molecule has 0 aromatic heterocycles. The second-order valence-electron chi connectivity index (χ2n) is 5.19. The van der Waals surface area contributed by atoms with E-state index in [0.717, 1.165) is 32.6 Å². The molecule has 0 atom stereocenters. The average molecular weight is 287 g/mol. The number of nitrogens with zero attached hydrogens (tertiary/aromatic N) is 2. The number of likely N-dealkylation sites (N-methyl/N-ethyl adjacent to an activating group) is 1. The number of rotatable bonds is 2. The van der Waals surface area contributed by atoms with E-state index in [4.69, 9.17) is 5.73 Å². The number of alkyl halides is 3. The number of hydrogen-bond donors (Lipinski definition) is 1. The lowest BCUT2D eigenvalue weighted by molar-refractivity contribution is -0.138. The third-order valence-corrected chi connectivity index (χ3v) is 3.70. The van der Waals surface area contributed by atoms with Crippen LogP contribution in [-0.4, -0.2) is 38.1 Å². The van der Waals surface area contributed by atoms with Crippen LogP contribution in [0.5, 0.6) is 0 Å². The van der Waals surface area contributed by atoms with Crippen LogP contribution in [0.15, 0.2) is 18.2 Å². The summed E-state index contributed by atoms with van der Waals surface area (Å²) in [7, 11) is 2.03. The fraction of sp³-hybridized carbons (Fsp3) is 0.571. The topological polar surface area (TPSA) is 32.5 Å². The Hall–Kier alpha value is -1.27. The summed E-state index contributed by atoms with van der Waals surface area (Å²) >= 11 is 0. The van der Waals surface area contributed by atoms with Crippen LogP contribution in [0.4, 0.5) is 18.9 Å². The van der Waals surface area contributed by atoms with Crippen molar-refractivity contribution in [2.45, 2.75) is 19.1 Å². The Morgan fingerprint density at radius 1 is 1.15 bits per heavy atom. The summed E-state index contributed by atoms with van der Waals surface area (Å²) in [6.07, 6.45) is -3.40. The third-order valence-electron chi connectivity index (χ3n) is 3.70. The average Bonchev–Trinajstić information content (AvgIpc) is 2.62. The Kier molecular flexibility index (Phi) is 4.55. The smallest absolute Gasteiger partial charge is 0.370 e. The summed E-state index contributed by atoms with van der Waals surface area (Å²) in [6, 6.07) is 4.46. The van der Waals surface area contributed by atoms with Crippen LogP contribution in [0.2, 0.25) is 0 Å². The van der Waals surface area contributed by atoms with E-state index in [2.05, 4.69) is 4.90 Å². The monoisotopic (exact) mass is 287 g/mol. The molecule has 2 N–H and O–H groups in total. The van der Waals surface area contributed by atoms with Crippen molar-refractivity contribution in [3.05, 3.63) is 29.3 Å². The molecule has 0 spiro atoms. The molecular weight excluding hydrogens is 267 g/mol. The molecule has 6 heteroatoms. The maximum atomic E-state index is 13.0. The molecule has 0 radical (unpaired) electrons. The van der Waals surface area contributed by atoms with Gasteiger partial charge in [-0.1, -0.05) is 6.07 Å². The Balaban J connectivity index is 2.28. The van der Waals surface area contributed by atoms with Crippen LogP contribution in [0.1, 0.15) is 17.5 Å². The van der Waals surface area contributed by atoms with Crippen molar-refractivity contribution in [3.8, 4) is 0 Å². The lowest BCUT2D eigenvalue weighted by Gasteiger charge is -2.24. The first-order valence-electron chi connectivity index (χ1n) is 6.75. The zero-order valence-corrected chi connectivity index (χ0v) is 11.6. The molecule has 3 nitrogen and oxygen atoms in total. The van der Waals surface area contributed by atoms with Crippen LogP contribution < -0.4 is 10.6 Å².